The first kappa shape index (κ1) is 13.0. The van der Waals surface area contributed by atoms with E-state index in [0.29, 0.717) is 5.75 Å². The lowest BCUT2D eigenvalue weighted by atomic mass is 10.1. The first-order valence-corrected chi connectivity index (χ1v) is 5.79. The SMILES string of the molecule is CCNCCc1ccc(OC(C)C)c(F)c1. The topological polar surface area (TPSA) is 21.3 Å². The number of hydrogen-bond acceptors (Lipinski definition) is 2. The van der Waals surface area contributed by atoms with E-state index < -0.39 is 0 Å². The fourth-order valence-electron chi connectivity index (χ4n) is 1.46. The standard InChI is InChI=1S/C13H20FNO/c1-4-15-8-7-11-5-6-13(12(14)9-11)16-10(2)3/h5-6,9-10,15H,4,7-8H2,1-3H3. The first-order valence-electron chi connectivity index (χ1n) is 5.79. The largest absolute Gasteiger partial charge is 0.488 e. The minimum absolute atomic E-state index is 0.00195. The minimum Gasteiger partial charge on any atom is -0.488 e. The Labute approximate surface area is 96.8 Å². The molecule has 2 nitrogen and oxygen atoms in total. The van der Waals surface area contributed by atoms with Gasteiger partial charge in [0.1, 0.15) is 0 Å². The molecule has 0 aromatic heterocycles. The van der Waals surface area contributed by atoms with E-state index in [9.17, 15) is 4.39 Å². The number of nitrogens with one attached hydrogen (secondary N) is 1. The van der Waals surface area contributed by atoms with E-state index in [1.54, 1.807) is 12.1 Å². The van der Waals surface area contributed by atoms with E-state index >= 15 is 0 Å². The molecule has 0 aliphatic carbocycles. The van der Waals surface area contributed by atoms with Crippen molar-refractivity contribution in [3.05, 3.63) is 29.6 Å². The predicted octanol–water partition coefficient (Wildman–Crippen LogP) is 2.76. The number of halogens is 1. The van der Waals surface area contributed by atoms with Crippen LogP contribution >= 0.6 is 0 Å². The van der Waals surface area contributed by atoms with Gasteiger partial charge in [0.05, 0.1) is 6.10 Å². The molecule has 1 rings (SSSR count). The van der Waals surface area contributed by atoms with Crippen molar-refractivity contribution in [2.24, 2.45) is 0 Å². The van der Waals surface area contributed by atoms with E-state index in [2.05, 4.69) is 12.2 Å². The minimum atomic E-state index is -0.275. The Bertz CT molecular complexity index is 326. The van der Waals surface area contributed by atoms with Crippen molar-refractivity contribution in [2.45, 2.75) is 33.3 Å². The molecule has 0 atom stereocenters. The second-order valence-corrected chi connectivity index (χ2v) is 4.03. The van der Waals surface area contributed by atoms with Gasteiger partial charge in [0.25, 0.3) is 0 Å². The van der Waals surface area contributed by atoms with Crippen molar-refractivity contribution in [3.63, 3.8) is 0 Å². The Hall–Kier alpha value is -1.09. The predicted molar refractivity (Wildman–Crippen MR) is 64.4 cm³/mol. The molecule has 0 aliphatic heterocycles. The fraction of sp³-hybridized carbons (Fsp3) is 0.538. The van der Waals surface area contributed by atoms with Gasteiger partial charge in [-0.15, -0.1) is 0 Å². The summed E-state index contributed by atoms with van der Waals surface area (Å²) in [5.41, 5.74) is 0.995. The molecule has 0 heterocycles. The molecule has 0 bridgehead atoms. The summed E-state index contributed by atoms with van der Waals surface area (Å²) in [5.74, 6) is 0.0601. The van der Waals surface area contributed by atoms with Gasteiger partial charge in [-0.1, -0.05) is 13.0 Å². The fourth-order valence-corrected chi connectivity index (χ4v) is 1.46. The van der Waals surface area contributed by atoms with Gasteiger partial charge in [-0.3, -0.25) is 0 Å². The van der Waals surface area contributed by atoms with Crippen molar-refractivity contribution >= 4 is 0 Å². The zero-order chi connectivity index (χ0) is 12.0. The number of likely N-dealkylation sites (N-methyl/N-ethyl adjacent to an activating group) is 1. The third-order valence-electron chi connectivity index (χ3n) is 2.20. The molecule has 90 valence electrons. The van der Waals surface area contributed by atoms with E-state index in [1.807, 2.05) is 19.9 Å². The second-order valence-electron chi connectivity index (χ2n) is 4.03. The highest BCUT2D eigenvalue weighted by Crippen LogP contribution is 2.19. The van der Waals surface area contributed by atoms with E-state index in [4.69, 9.17) is 4.74 Å². The van der Waals surface area contributed by atoms with Gasteiger partial charge in [-0.2, -0.15) is 0 Å². The highest BCUT2D eigenvalue weighted by Gasteiger charge is 2.06. The van der Waals surface area contributed by atoms with Crippen LogP contribution in [0, 0.1) is 5.82 Å². The molecule has 0 aliphatic rings. The molecule has 16 heavy (non-hydrogen) atoms. The summed E-state index contributed by atoms with van der Waals surface area (Å²) >= 11 is 0. The van der Waals surface area contributed by atoms with Crippen LogP contribution in [0.1, 0.15) is 26.3 Å². The number of ether oxygens (including phenoxy) is 1. The van der Waals surface area contributed by atoms with Gasteiger partial charge < -0.3 is 10.1 Å². The summed E-state index contributed by atoms with van der Waals surface area (Å²) in [7, 11) is 0. The maximum Gasteiger partial charge on any atom is 0.165 e. The highest BCUT2D eigenvalue weighted by molar-refractivity contribution is 5.29. The van der Waals surface area contributed by atoms with Crippen molar-refractivity contribution in [1.82, 2.24) is 5.32 Å². The van der Waals surface area contributed by atoms with Gasteiger partial charge in [0, 0.05) is 0 Å². The van der Waals surface area contributed by atoms with E-state index in [0.717, 1.165) is 25.1 Å². The molecule has 0 unspecified atom stereocenters. The molecule has 3 heteroatoms. The number of rotatable bonds is 6. The highest BCUT2D eigenvalue weighted by atomic mass is 19.1. The molecular weight excluding hydrogens is 205 g/mol. The van der Waals surface area contributed by atoms with Crippen molar-refractivity contribution in [2.75, 3.05) is 13.1 Å². The molecule has 0 amide bonds. The lowest BCUT2D eigenvalue weighted by molar-refractivity contribution is 0.231. The summed E-state index contributed by atoms with van der Waals surface area (Å²) in [5, 5.41) is 3.21. The zero-order valence-corrected chi connectivity index (χ0v) is 10.2. The van der Waals surface area contributed by atoms with Gasteiger partial charge in [0.2, 0.25) is 0 Å². The Kier molecular flexibility index (Phi) is 5.26. The second kappa shape index (κ2) is 6.48. The van der Waals surface area contributed by atoms with Crippen molar-refractivity contribution < 1.29 is 9.13 Å². The number of benzene rings is 1. The van der Waals surface area contributed by atoms with E-state index in [1.165, 1.54) is 0 Å². The average Bonchev–Trinajstić information content (AvgIpc) is 2.22. The normalized spacial score (nSPS) is 10.8. The van der Waals surface area contributed by atoms with Gasteiger partial charge in [-0.25, -0.2) is 4.39 Å². The summed E-state index contributed by atoms with van der Waals surface area (Å²) in [6.45, 7) is 7.65. The zero-order valence-electron chi connectivity index (χ0n) is 10.2. The molecule has 0 radical (unpaired) electrons. The summed E-state index contributed by atoms with van der Waals surface area (Å²) in [6, 6.07) is 5.17. The van der Waals surface area contributed by atoms with E-state index in [-0.39, 0.29) is 11.9 Å². The molecule has 1 aromatic carbocycles. The van der Waals surface area contributed by atoms with Crippen LogP contribution in [-0.2, 0) is 6.42 Å². The third kappa shape index (κ3) is 4.19. The Balaban J connectivity index is 2.60. The first-order chi connectivity index (χ1) is 7.63. The molecule has 1 N–H and O–H groups in total. The Morgan fingerprint density at radius 3 is 2.69 bits per heavy atom. The van der Waals surface area contributed by atoms with Gasteiger partial charge in [-0.05, 0) is 51.1 Å². The van der Waals surface area contributed by atoms with Crippen LogP contribution in [0.4, 0.5) is 4.39 Å². The van der Waals surface area contributed by atoms with Gasteiger partial charge >= 0.3 is 0 Å². The van der Waals surface area contributed by atoms with Crippen LogP contribution < -0.4 is 10.1 Å². The summed E-state index contributed by atoms with van der Waals surface area (Å²) in [6.07, 6.45) is 0.842. The quantitative estimate of drug-likeness (QED) is 0.752. The lowest BCUT2D eigenvalue weighted by Crippen LogP contribution is -2.16. The van der Waals surface area contributed by atoms with Crippen molar-refractivity contribution in [1.29, 1.82) is 0 Å². The van der Waals surface area contributed by atoms with Crippen LogP contribution in [0.25, 0.3) is 0 Å². The lowest BCUT2D eigenvalue weighted by Gasteiger charge is -2.11. The maximum absolute atomic E-state index is 13.6. The third-order valence-corrected chi connectivity index (χ3v) is 2.20. The van der Waals surface area contributed by atoms with Crippen LogP contribution in [0.2, 0.25) is 0 Å². The molecule has 0 saturated carbocycles. The molecule has 0 fully saturated rings. The molecule has 0 saturated heterocycles. The van der Waals surface area contributed by atoms with Crippen molar-refractivity contribution in [3.8, 4) is 5.75 Å². The monoisotopic (exact) mass is 225 g/mol. The smallest absolute Gasteiger partial charge is 0.165 e. The Morgan fingerprint density at radius 2 is 2.12 bits per heavy atom. The molecule has 0 spiro atoms. The summed E-state index contributed by atoms with van der Waals surface area (Å²) in [4.78, 5) is 0. The van der Waals surface area contributed by atoms with Crippen LogP contribution in [0.3, 0.4) is 0 Å². The maximum atomic E-state index is 13.6. The van der Waals surface area contributed by atoms with Gasteiger partial charge in [0.15, 0.2) is 11.6 Å². The van der Waals surface area contributed by atoms with Crippen LogP contribution in [-0.4, -0.2) is 19.2 Å². The molecular formula is C13H20FNO. The number of hydrogen-bond donors (Lipinski definition) is 1. The van der Waals surface area contributed by atoms with Crippen LogP contribution in [0.5, 0.6) is 5.75 Å². The summed E-state index contributed by atoms with van der Waals surface area (Å²) < 4.78 is 18.9. The average molecular weight is 225 g/mol. The molecule has 1 aromatic rings. The Morgan fingerprint density at radius 1 is 1.38 bits per heavy atom. The van der Waals surface area contributed by atoms with Crippen LogP contribution in [0.15, 0.2) is 18.2 Å².